The van der Waals surface area contributed by atoms with Gasteiger partial charge in [0.1, 0.15) is 5.78 Å². The Kier molecular flexibility index (Phi) is 4.56. The normalized spacial score (nSPS) is 46.6. The number of Topliss-reactive ketones (excluding diaryl/α,β-unsaturated/α-hetero) is 1. The van der Waals surface area contributed by atoms with Crippen LogP contribution < -0.4 is 0 Å². The molecule has 4 heteroatoms. The fourth-order valence-electron chi connectivity index (χ4n) is 7.63. The van der Waals surface area contributed by atoms with E-state index in [9.17, 15) is 4.79 Å². The van der Waals surface area contributed by atoms with Gasteiger partial charge in [0.15, 0.2) is 5.79 Å². The molecule has 5 aliphatic rings. The number of halogens is 1. The van der Waals surface area contributed by atoms with Crippen LogP contribution in [0.5, 0.6) is 0 Å². The molecule has 1 aliphatic heterocycles. The zero-order valence-corrected chi connectivity index (χ0v) is 18.0. The third kappa shape index (κ3) is 2.53. The summed E-state index contributed by atoms with van der Waals surface area (Å²) < 4.78 is 13.1. The second-order valence-electron chi connectivity index (χ2n) is 9.50. The van der Waals surface area contributed by atoms with Gasteiger partial charge >= 0.3 is 0 Å². The molecule has 0 N–H and O–H groups in total. The summed E-state index contributed by atoms with van der Waals surface area (Å²) in [6.07, 6.45) is 11.3. The largest absolute Gasteiger partial charge is 0.344 e. The molecule has 3 nitrogen and oxygen atoms in total. The zero-order valence-electron chi connectivity index (χ0n) is 15.8. The van der Waals surface area contributed by atoms with E-state index in [0.717, 1.165) is 61.6 Å². The van der Waals surface area contributed by atoms with Crippen molar-refractivity contribution in [3.8, 4) is 0 Å². The average molecular weight is 470 g/mol. The molecule has 144 valence electrons. The van der Waals surface area contributed by atoms with Crippen LogP contribution in [0.1, 0.15) is 58.3 Å². The molecule has 5 rings (SSSR count). The lowest BCUT2D eigenvalue weighted by molar-refractivity contribution is -0.141. The Morgan fingerprint density at radius 1 is 1.19 bits per heavy atom. The van der Waals surface area contributed by atoms with Crippen LogP contribution in [0.25, 0.3) is 0 Å². The minimum atomic E-state index is -0.401. The van der Waals surface area contributed by atoms with Gasteiger partial charge in [0.05, 0.1) is 13.2 Å². The van der Waals surface area contributed by atoms with Crippen LogP contribution >= 0.6 is 22.6 Å². The molecule has 6 atom stereocenters. The highest BCUT2D eigenvalue weighted by Gasteiger charge is 2.60. The summed E-state index contributed by atoms with van der Waals surface area (Å²) in [4.78, 5) is 12.9. The molecule has 5 unspecified atom stereocenters. The second-order valence-corrected chi connectivity index (χ2v) is 10.6. The van der Waals surface area contributed by atoms with Crippen LogP contribution in [0.4, 0.5) is 0 Å². The summed E-state index contributed by atoms with van der Waals surface area (Å²) in [5.41, 5.74) is 1.64. The topological polar surface area (TPSA) is 35.5 Å². The van der Waals surface area contributed by atoms with Crippen molar-refractivity contribution < 1.29 is 14.3 Å². The minimum absolute atomic E-state index is 0.0331. The second kappa shape index (κ2) is 6.55. The summed E-state index contributed by atoms with van der Waals surface area (Å²) >= 11 is 2.48. The fraction of sp³-hybridized carbons (Fsp3) is 0.864. The van der Waals surface area contributed by atoms with E-state index in [1.165, 1.54) is 19.3 Å². The lowest BCUT2D eigenvalue weighted by Crippen LogP contribution is -2.51. The molecule has 3 saturated carbocycles. The van der Waals surface area contributed by atoms with Crippen molar-refractivity contribution in [2.24, 2.45) is 35.0 Å². The molecule has 26 heavy (non-hydrogen) atoms. The number of hydrogen-bond donors (Lipinski definition) is 0. The van der Waals surface area contributed by atoms with Crippen LogP contribution in [0.3, 0.4) is 0 Å². The number of hydrogen-bond acceptors (Lipinski definition) is 3. The molecule has 4 fully saturated rings. The van der Waals surface area contributed by atoms with Crippen molar-refractivity contribution in [2.45, 2.75) is 64.1 Å². The number of alkyl halides is 1. The quantitative estimate of drug-likeness (QED) is 0.327. The van der Waals surface area contributed by atoms with Gasteiger partial charge in [-0.3, -0.25) is 4.79 Å². The Bertz CT molecular complexity index is 623. The van der Waals surface area contributed by atoms with E-state index in [-0.39, 0.29) is 5.41 Å². The summed E-state index contributed by atoms with van der Waals surface area (Å²) in [7, 11) is 0. The number of carbonyl (C=O) groups is 1. The highest BCUT2D eigenvalue weighted by atomic mass is 127. The monoisotopic (exact) mass is 470 g/mol. The maximum atomic E-state index is 12.9. The molecule has 1 saturated heterocycles. The third-order valence-corrected chi connectivity index (χ3v) is 9.10. The van der Waals surface area contributed by atoms with E-state index in [1.807, 2.05) is 0 Å². The van der Waals surface area contributed by atoms with Gasteiger partial charge in [-0.15, -0.1) is 0 Å². The van der Waals surface area contributed by atoms with Gasteiger partial charge in [-0.1, -0.05) is 35.1 Å². The standard InChI is InChI=1S/C22H31IO3/c1-14-12-15-13-22(25-10-11-26-22)7-5-16(15)17-4-6-21(8-9-23)18(20(14)17)2-3-19(21)24/h13-14,16-18,20H,2-12H2,1H3/t14?,16?,17?,18?,20?,21-/m1/s1. The van der Waals surface area contributed by atoms with Crippen molar-refractivity contribution in [2.75, 3.05) is 17.6 Å². The lowest BCUT2D eigenvalue weighted by atomic mass is 9.49. The first-order valence-electron chi connectivity index (χ1n) is 10.7. The number of carbonyl (C=O) groups excluding carboxylic acids is 1. The molecule has 0 aromatic heterocycles. The van der Waals surface area contributed by atoms with E-state index in [4.69, 9.17) is 9.47 Å². The summed E-state index contributed by atoms with van der Waals surface area (Å²) in [6, 6.07) is 0. The number of allylic oxidation sites excluding steroid dienone is 1. The van der Waals surface area contributed by atoms with E-state index in [0.29, 0.717) is 23.5 Å². The van der Waals surface area contributed by atoms with E-state index in [1.54, 1.807) is 5.57 Å². The third-order valence-electron chi connectivity index (χ3n) is 8.56. The van der Waals surface area contributed by atoms with Crippen molar-refractivity contribution >= 4 is 28.4 Å². The predicted octanol–water partition coefficient (Wildman–Crippen LogP) is 4.92. The molecule has 0 radical (unpaired) electrons. The van der Waals surface area contributed by atoms with Crippen LogP contribution in [0.15, 0.2) is 11.6 Å². The highest BCUT2D eigenvalue weighted by Crippen LogP contribution is 2.63. The molecule has 1 spiro atoms. The van der Waals surface area contributed by atoms with Crippen molar-refractivity contribution in [3.63, 3.8) is 0 Å². The van der Waals surface area contributed by atoms with Crippen molar-refractivity contribution in [3.05, 3.63) is 11.6 Å². The SMILES string of the molecule is CC1CC2=CC3(CCC2C2CC[C@]4(CCI)C(=O)CCC4C12)OCCO3. The smallest absolute Gasteiger partial charge is 0.188 e. The first kappa shape index (κ1) is 18.1. The highest BCUT2D eigenvalue weighted by molar-refractivity contribution is 14.1. The number of fused-ring (bicyclic) bond motifs is 5. The zero-order chi connectivity index (χ0) is 17.9. The molecular weight excluding hydrogens is 439 g/mol. The maximum absolute atomic E-state index is 12.9. The van der Waals surface area contributed by atoms with Crippen LogP contribution in [-0.2, 0) is 14.3 Å². The number of ketones is 1. The van der Waals surface area contributed by atoms with Crippen LogP contribution in [-0.4, -0.2) is 29.2 Å². The van der Waals surface area contributed by atoms with Gasteiger partial charge in [-0.2, -0.15) is 0 Å². The number of rotatable bonds is 2. The molecule has 0 amide bonds. The van der Waals surface area contributed by atoms with Crippen LogP contribution in [0, 0.1) is 35.0 Å². The Hall–Kier alpha value is 0.0600. The fourth-order valence-corrected chi connectivity index (χ4v) is 8.60. The first-order chi connectivity index (χ1) is 12.6. The van der Waals surface area contributed by atoms with E-state index >= 15 is 0 Å². The average Bonchev–Trinajstić information content (AvgIpc) is 3.20. The molecule has 4 aliphatic carbocycles. The Morgan fingerprint density at radius 2 is 2.00 bits per heavy atom. The molecule has 0 bridgehead atoms. The number of ether oxygens (including phenoxy) is 2. The summed E-state index contributed by atoms with van der Waals surface area (Å²) in [5.74, 6) is 3.77. The first-order valence-corrected chi connectivity index (χ1v) is 12.2. The molecule has 1 heterocycles. The van der Waals surface area contributed by atoms with Crippen molar-refractivity contribution in [1.82, 2.24) is 0 Å². The van der Waals surface area contributed by atoms with Gasteiger partial charge in [-0.25, -0.2) is 0 Å². The van der Waals surface area contributed by atoms with E-state index in [2.05, 4.69) is 35.6 Å². The summed E-state index contributed by atoms with van der Waals surface area (Å²) in [6.45, 7) is 3.92. The Morgan fingerprint density at radius 3 is 2.77 bits per heavy atom. The minimum Gasteiger partial charge on any atom is -0.344 e. The Labute approximate surface area is 170 Å². The molecule has 0 aromatic rings. The van der Waals surface area contributed by atoms with Gasteiger partial charge in [0.2, 0.25) is 0 Å². The predicted molar refractivity (Wildman–Crippen MR) is 109 cm³/mol. The Balaban J connectivity index is 1.46. The van der Waals surface area contributed by atoms with E-state index < -0.39 is 5.79 Å². The lowest BCUT2D eigenvalue weighted by Gasteiger charge is -2.56. The van der Waals surface area contributed by atoms with Gasteiger partial charge in [0, 0.05) is 22.7 Å². The molecular formula is C22H31IO3. The van der Waals surface area contributed by atoms with Gasteiger partial charge < -0.3 is 9.47 Å². The maximum Gasteiger partial charge on any atom is 0.188 e. The van der Waals surface area contributed by atoms with Crippen molar-refractivity contribution in [1.29, 1.82) is 0 Å². The van der Waals surface area contributed by atoms with Gasteiger partial charge in [0.25, 0.3) is 0 Å². The van der Waals surface area contributed by atoms with Gasteiger partial charge in [-0.05, 0) is 74.2 Å². The van der Waals surface area contributed by atoms with Crippen LogP contribution in [0.2, 0.25) is 0 Å². The summed E-state index contributed by atoms with van der Waals surface area (Å²) in [5, 5.41) is 0. The molecule has 0 aromatic carbocycles.